The molecule has 1 atom stereocenters. The fourth-order valence-corrected chi connectivity index (χ4v) is 1.32. The molecule has 4 nitrogen and oxygen atoms in total. The van der Waals surface area contributed by atoms with Gasteiger partial charge in [-0.3, -0.25) is 4.79 Å². The van der Waals surface area contributed by atoms with Crippen molar-refractivity contribution in [3.05, 3.63) is 0 Å². The molecule has 3 N–H and O–H groups in total. The molecule has 78 valence electrons. The number of carboxylic acid groups (broad SMARTS) is 1. The Morgan fingerprint density at radius 2 is 2.23 bits per heavy atom. The van der Waals surface area contributed by atoms with Crippen molar-refractivity contribution in [2.75, 3.05) is 20.3 Å². The first-order chi connectivity index (χ1) is 6.13. The quantitative estimate of drug-likeness (QED) is 0.582. The lowest BCUT2D eigenvalue weighted by Gasteiger charge is -2.25. The molecule has 0 saturated carbocycles. The fraction of sp³-hybridized carbons (Fsp3) is 0.889. The third-order valence-corrected chi connectivity index (χ3v) is 2.52. The van der Waals surface area contributed by atoms with E-state index >= 15 is 0 Å². The summed E-state index contributed by atoms with van der Waals surface area (Å²) in [6.45, 7) is 2.64. The maximum Gasteiger partial charge on any atom is 0.310 e. The van der Waals surface area contributed by atoms with Crippen LogP contribution in [0.25, 0.3) is 0 Å². The Balaban J connectivity index is 4.14. The Morgan fingerprint density at radius 1 is 1.62 bits per heavy atom. The number of carbonyl (C=O) groups is 1. The Labute approximate surface area is 79.1 Å². The monoisotopic (exact) mass is 189 g/mol. The molecule has 0 spiro atoms. The van der Waals surface area contributed by atoms with Crippen LogP contribution >= 0.6 is 0 Å². The van der Waals surface area contributed by atoms with Crippen molar-refractivity contribution >= 4 is 5.97 Å². The van der Waals surface area contributed by atoms with Gasteiger partial charge >= 0.3 is 5.97 Å². The number of methoxy groups -OCH3 is 1. The largest absolute Gasteiger partial charge is 0.481 e. The number of hydrogen-bond acceptors (Lipinski definition) is 3. The predicted molar refractivity (Wildman–Crippen MR) is 50.5 cm³/mol. The van der Waals surface area contributed by atoms with E-state index < -0.39 is 11.4 Å². The van der Waals surface area contributed by atoms with Gasteiger partial charge in [-0.1, -0.05) is 6.92 Å². The Kier molecular flexibility index (Phi) is 5.66. The van der Waals surface area contributed by atoms with E-state index in [2.05, 4.69) is 0 Å². The van der Waals surface area contributed by atoms with Crippen LogP contribution in [0, 0.1) is 5.41 Å². The zero-order valence-corrected chi connectivity index (χ0v) is 8.38. The smallest absolute Gasteiger partial charge is 0.310 e. The van der Waals surface area contributed by atoms with Gasteiger partial charge in [-0.05, 0) is 19.3 Å². The average molecular weight is 189 g/mol. The minimum absolute atomic E-state index is 0.197. The minimum Gasteiger partial charge on any atom is -0.481 e. The minimum atomic E-state index is -0.798. The topological polar surface area (TPSA) is 72.5 Å². The van der Waals surface area contributed by atoms with Gasteiger partial charge in [0.05, 0.1) is 5.41 Å². The maximum absolute atomic E-state index is 11.0. The Bertz CT molecular complexity index is 155. The lowest BCUT2D eigenvalue weighted by Crippen LogP contribution is -2.38. The van der Waals surface area contributed by atoms with Crippen LogP contribution in [-0.2, 0) is 9.53 Å². The van der Waals surface area contributed by atoms with Crippen molar-refractivity contribution in [3.63, 3.8) is 0 Å². The second-order valence-electron chi connectivity index (χ2n) is 3.24. The van der Waals surface area contributed by atoms with Gasteiger partial charge in [0.25, 0.3) is 0 Å². The summed E-state index contributed by atoms with van der Waals surface area (Å²) in [6, 6.07) is 0. The van der Waals surface area contributed by atoms with Crippen LogP contribution in [0.5, 0.6) is 0 Å². The van der Waals surface area contributed by atoms with Gasteiger partial charge in [0.15, 0.2) is 0 Å². The number of aliphatic carboxylic acids is 1. The molecule has 0 heterocycles. The van der Waals surface area contributed by atoms with E-state index in [-0.39, 0.29) is 6.54 Å². The molecule has 4 heteroatoms. The van der Waals surface area contributed by atoms with E-state index in [1.54, 1.807) is 7.11 Å². The molecule has 0 radical (unpaired) electrons. The summed E-state index contributed by atoms with van der Waals surface area (Å²) in [7, 11) is 1.61. The van der Waals surface area contributed by atoms with Crippen LogP contribution in [-0.4, -0.2) is 31.3 Å². The highest BCUT2D eigenvalue weighted by atomic mass is 16.5. The lowest BCUT2D eigenvalue weighted by atomic mass is 9.81. The van der Waals surface area contributed by atoms with Crippen molar-refractivity contribution < 1.29 is 14.6 Å². The number of rotatable bonds is 7. The van der Waals surface area contributed by atoms with Crippen molar-refractivity contribution in [1.82, 2.24) is 0 Å². The first-order valence-electron chi connectivity index (χ1n) is 4.55. The molecule has 0 rings (SSSR count). The summed E-state index contributed by atoms with van der Waals surface area (Å²) in [5.74, 6) is -0.798. The third-order valence-electron chi connectivity index (χ3n) is 2.52. The van der Waals surface area contributed by atoms with E-state index in [0.717, 1.165) is 6.42 Å². The average Bonchev–Trinajstić information content (AvgIpc) is 2.13. The molecule has 0 aliphatic heterocycles. The first kappa shape index (κ1) is 12.4. The number of carboxylic acids is 1. The van der Waals surface area contributed by atoms with Gasteiger partial charge in [-0.25, -0.2) is 0 Å². The van der Waals surface area contributed by atoms with Crippen molar-refractivity contribution in [1.29, 1.82) is 0 Å². The lowest BCUT2D eigenvalue weighted by molar-refractivity contribution is -0.149. The Hall–Kier alpha value is -0.610. The molecule has 0 aromatic heterocycles. The molecular weight excluding hydrogens is 170 g/mol. The van der Waals surface area contributed by atoms with Crippen LogP contribution in [0.2, 0.25) is 0 Å². The van der Waals surface area contributed by atoms with Crippen LogP contribution in [0.3, 0.4) is 0 Å². The third kappa shape index (κ3) is 3.32. The van der Waals surface area contributed by atoms with E-state index in [1.807, 2.05) is 6.92 Å². The zero-order chi connectivity index (χ0) is 10.3. The molecular formula is C9H19NO3. The molecule has 0 aliphatic carbocycles. The predicted octanol–water partition coefficient (Wildman–Crippen LogP) is 0.853. The Morgan fingerprint density at radius 3 is 2.54 bits per heavy atom. The highest BCUT2D eigenvalue weighted by Gasteiger charge is 2.34. The van der Waals surface area contributed by atoms with E-state index in [1.165, 1.54) is 0 Å². The van der Waals surface area contributed by atoms with Crippen LogP contribution < -0.4 is 5.73 Å². The molecule has 0 aromatic carbocycles. The molecule has 13 heavy (non-hydrogen) atoms. The molecule has 0 amide bonds. The zero-order valence-electron chi connectivity index (χ0n) is 8.38. The van der Waals surface area contributed by atoms with Gasteiger partial charge < -0.3 is 15.6 Å². The number of nitrogens with two attached hydrogens (primary N) is 1. The fourth-order valence-electron chi connectivity index (χ4n) is 1.32. The van der Waals surface area contributed by atoms with Gasteiger partial charge in [-0.15, -0.1) is 0 Å². The summed E-state index contributed by atoms with van der Waals surface area (Å²) >= 11 is 0. The molecule has 0 fully saturated rings. The molecule has 0 aromatic rings. The van der Waals surface area contributed by atoms with E-state index in [0.29, 0.717) is 19.4 Å². The molecule has 1 unspecified atom stereocenters. The second kappa shape index (κ2) is 5.94. The van der Waals surface area contributed by atoms with Gasteiger partial charge in [0.2, 0.25) is 0 Å². The molecule has 0 bridgehead atoms. The van der Waals surface area contributed by atoms with Gasteiger partial charge in [0, 0.05) is 20.3 Å². The maximum atomic E-state index is 11.0. The standard InChI is InChI=1S/C9H19NO3/c1-3-9(7-10,8(11)12)5-4-6-13-2/h3-7,10H2,1-2H3,(H,11,12). The van der Waals surface area contributed by atoms with E-state index in [9.17, 15) is 4.79 Å². The second-order valence-corrected chi connectivity index (χ2v) is 3.24. The van der Waals surface area contributed by atoms with Gasteiger partial charge in [-0.2, -0.15) is 0 Å². The number of ether oxygens (including phenoxy) is 1. The van der Waals surface area contributed by atoms with Crippen LogP contribution in [0.1, 0.15) is 26.2 Å². The van der Waals surface area contributed by atoms with Crippen LogP contribution in [0.15, 0.2) is 0 Å². The van der Waals surface area contributed by atoms with Crippen molar-refractivity contribution in [2.24, 2.45) is 11.1 Å². The molecule has 0 aliphatic rings. The van der Waals surface area contributed by atoms with Crippen molar-refractivity contribution in [2.45, 2.75) is 26.2 Å². The highest BCUT2D eigenvalue weighted by molar-refractivity contribution is 5.74. The van der Waals surface area contributed by atoms with E-state index in [4.69, 9.17) is 15.6 Å². The summed E-state index contributed by atoms with van der Waals surface area (Å²) in [4.78, 5) is 11.0. The summed E-state index contributed by atoms with van der Waals surface area (Å²) in [6.07, 6.45) is 1.90. The van der Waals surface area contributed by atoms with Gasteiger partial charge in [0.1, 0.15) is 0 Å². The highest BCUT2D eigenvalue weighted by Crippen LogP contribution is 2.26. The number of hydrogen-bond donors (Lipinski definition) is 2. The summed E-state index contributed by atoms with van der Waals surface area (Å²) < 4.78 is 4.87. The SMILES string of the molecule is CCC(CN)(CCCOC)C(=O)O. The normalized spacial score (nSPS) is 15.3. The summed E-state index contributed by atoms with van der Waals surface area (Å²) in [5, 5.41) is 9.00. The first-order valence-corrected chi connectivity index (χ1v) is 4.55. The van der Waals surface area contributed by atoms with Crippen molar-refractivity contribution in [3.8, 4) is 0 Å². The summed E-state index contributed by atoms with van der Waals surface area (Å²) in [5.41, 5.74) is 4.73. The van der Waals surface area contributed by atoms with Crippen LogP contribution in [0.4, 0.5) is 0 Å². The molecule has 0 saturated heterocycles.